The fraction of sp³-hybridized carbons (Fsp3) is 0.0345. The van der Waals surface area contributed by atoms with Crippen LogP contribution in [0.4, 0.5) is 5.69 Å². The fourth-order valence-corrected chi connectivity index (χ4v) is 5.29. The summed E-state index contributed by atoms with van der Waals surface area (Å²) in [5.41, 5.74) is 15.5. The van der Waals surface area contributed by atoms with Crippen molar-refractivity contribution in [1.82, 2.24) is 0 Å². The van der Waals surface area contributed by atoms with E-state index in [0.29, 0.717) is 0 Å². The minimum absolute atomic E-state index is 0.781. The number of hydrogen-bond donors (Lipinski definition) is 1. The highest BCUT2D eigenvalue weighted by Gasteiger charge is 2.22. The van der Waals surface area contributed by atoms with Crippen LogP contribution < -0.4 is 5.73 Å². The van der Waals surface area contributed by atoms with E-state index < -0.39 is 0 Å². The smallest absolute Gasteiger partial charge is 0.0434 e. The average molecular weight is 418 g/mol. The van der Waals surface area contributed by atoms with Gasteiger partial charge in [0, 0.05) is 26.6 Å². The van der Waals surface area contributed by atoms with Crippen LogP contribution in [-0.4, -0.2) is 0 Å². The van der Waals surface area contributed by atoms with E-state index in [1.54, 1.807) is 0 Å². The van der Waals surface area contributed by atoms with Crippen molar-refractivity contribution >= 4 is 17.0 Å². The van der Waals surface area contributed by atoms with Crippen molar-refractivity contribution in [2.75, 3.05) is 5.73 Å². The SMILES string of the molecule is Cc1ccc(-c2sc(-c3ccc(N)cc3)c(-c3ccccc3)c2-c2ccccc2)cc1. The van der Waals surface area contributed by atoms with Crippen molar-refractivity contribution in [3.63, 3.8) is 0 Å². The Bertz CT molecular complexity index is 1200. The molecule has 150 valence electrons. The zero-order valence-corrected chi connectivity index (χ0v) is 18.2. The maximum atomic E-state index is 5.99. The van der Waals surface area contributed by atoms with Crippen molar-refractivity contribution in [3.05, 3.63) is 115 Å². The summed E-state index contributed by atoms with van der Waals surface area (Å²) in [6, 6.07) is 38.5. The Balaban J connectivity index is 1.87. The van der Waals surface area contributed by atoms with Gasteiger partial charge in [0.15, 0.2) is 0 Å². The zero-order valence-electron chi connectivity index (χ0n) is 17.4. The molecule has 4 aromatic carbocycles. The van der Waals surface area contributed by atoms with Gasteiger partial charge in [0.1, 0.15) is 0 Å². The molecule has 0 bridgehead atoms. The second kappa shape index (κ2) is 8.25. The van der Waals surface area contributed by atoms with Gasteiger partial charge in [-0.05, 0) is 41.3 Å². The molecular formula is C29H23NS. The lowest BCUT2D eigenvalue weighted by atomic mass is 9.91. The molecule has 0 atom stereocenters. The molecule has 31 heavy (non-hydrogen) atoms. The van der Waals surface area contributed by atoms with E-state index in [9.17, 15) is 0 Å². The molecule has 0 aliphatic carbocycles. The normalized spacial score (nSPS) is 10.9. The summed E-state index contributed by atoms with van der Waals surface area (Å²) in [6.45, 7) is 2.13. The van der Waals surface area contributed by atoms with Gasteiger partial charge in [-0.15, -0.1) is 11.3 Å². The standard InChI is InChI=1S/C29H23NS/c1-20-12-14-23(15-13-20)28-26(21-8-4-2-5-9-21)27(22-10-6-3-7-11-22)29(31-28)24-16-18-25(30)19-17-24/h2-19H,30H2,1H3. The summed E-state index contributed by atoms with van der Waals surface area (Å²) in [4.78, 5) is 2.55. The summed E-state index contributed by atoms with van der Waals surface area (Å²) in [6.07, 6.45) is 0. The molecule has 0 saturated heterocycles. The second-order valence-electron chi connectivity index (χ2n) is 7.73. The van der Waals surface area contributed by atoms with E-state index in [1.165, 1.54) is 48.7 Å². The molecule has 1 heterocycles. The molecule has 0 aliphatic rings. The van der Waals surface area contributed by atoms with Crippen LogP contribution in [0.2, 0.25) is 0 Å². The molecule has 0 spiro atoms. The Morgan fingerprint density at radius 3 is 1.35 bits per heavy atom. The maximum absolute atomic E-state index is 5.99. The molecular weight excluding hydrogens is 394 g/mol. The minimum Gasteiger partial charge on any atom is -0.399 e. The van der Waals surface area contributed by atoms with Crippen LogP contribution in [0.15, 0.2) is 109 Å². The Kier molecular flexibility index (Phi) is 5.15. The Labute approximate surface area is 187 Å². The van der Waals surface area contributed by atoms with Crippen LogP contribution in [-0.2, 0) is 0 Å². The first kappa shape index (κ1) is 19.3. The van der Waals surface area contributed by atoms with Gasteiger partial charge < -0.3 is 5.73 Å². The molecule has 1 aromatic heterocycles. The van der Waals surface area contributed by atoms with Crippen LogP contribution in [0, 0.1) is 6.92 Å². The molecule has 5 aromatic rings. The number of thiophene rings is 1. The summed E-state index contributed by atoms with van der Waals surface area (Å²) in [5, 5.41) is 0. The van der Waals surface area contributed by atoms with Crippen molar-refractivity contribution in [2.24, 2.45) is 0 Å². The molecule has 2 N–H and O–H groups in total. The molecule has 0 amide bonds. The van der Waals surface area contributed by atoms with E-state index in [4.69, 9.17) is 5.73 Å². The largest absolute Gasteiger partial charge is 0.399 e. The number of hydrogen-bond acceptors (Lipinski definition) is 2. The number of nitrogen functional groups attached to an aromatic ring is 1. The van der Waals surface area contributed by atoms with Gasteiger partial charge in [-0.1, -0.05) is 103 Å². The van der Waals surface area contributed by atoms with E-state index >= 15 is 0 Å². The highest BCUT2D eigenvalue weighted by molar-refractivity contribution is 7.20. The first-order valence-corrected chi connectivity index (χ1v) is 11.2. The number of rotatable bonds is 4. The third-order valence-electron chi connectivity index (χ3n) is 5.52. The van der Waals surface area contributed by atoms with Crippen molar-refractivity contribution in [2.45, 2.75) is 6.92 Å². The van der Waals surface area contributed by atoms with Gasteiger partial charge in [0.25, 0.3) is 0 Å². The summed E-state index contributed by atoms with van der Waals surface area (Å²) >= 11 is 1.85. The fourth-order valence-electron chi connectivity index (χ4n) is 3.94. The molecule has 0 unspecified atom stereocenters. The first-order valence-electron chi connectivity index (χ1n) is 10.4. The van der Waals surface area contributed by atoms with Crippen LogP contribution in [0.1, 0.15) is 5.56 Å². The lowest BCUT2D eigenvalue weighted by Crippen LogP contribution is -1.87. The van der Waals surface area contributed by atoms with Gasteiger partial charge in [-0.3, -0.25) is 0 Å². The van der Waals surface area contributed by atoms with Gasteiger partial charge in [0.2, 0.25) is 0 Å². The molecule has 0 aliphatic heterocycles. The van der Waals surface area contributed by atoms with Gasteiger partial charge in [0.05, 0.1) is 0 Å². The lowest BCUT2D eigenvalue weighted by Gasteiger charge is -2.11. The van der Waals surface area contributed by atoms with Crippen molar-refractivity contribution in [3.8, 4) is 43.1 Å². The van der Waals surface area contributed by atoms with Crippen LogP contribution in [0.25, 0.3) is 43.1 Å². The molecule has 1 nitrogen and oxygen atoms in total. The predicted molar refractivity (Wildman–Crippen MR) is 135 cm³/mol. The van der Waals surface area contributed by atoms with E-state index in [0.717, 1.165) is 5.69 Å². The molecule has 5 rings (SSSR count). The highest BCUT2D eigenvalue weighted by Crippen LogP contribution is 2.51. The monoisotopic (exact) mass is 417 g/mol. The third-order valence-corrected chi connectivity index (χ3v) is 6.81. The topological polar surface area (TPSA) is 26.0 Å². The Hall–Kier alpha value is -3.62. The third kappa shape index (κ3) is 3.78. The molecule has 2 heteroatoms. The summed E-state index contributed by atoms with van der Waals surface area (Å²) in [5.74, 6) is 0. The second-order valence-corrected chi connectivity index (χ2v) is 8.75. The average Bonchev–Trinajstić information content (AvgIpc) is 3.22. The van der Waals surface area contributed by atoms with E-state index in [1.807, 2.05) is 23.5 Å². The van der Waals surface area contributed by atoms with Crippen LogP contribution >= 0.6 is 11.3 Å². The summed E-state index contributed by atoms with van der Waals surface area (Å²) in [7, 11) is 0. The highest BCUT2D eigenvalue weighted by atomic mass is 32.1. The number of nitrogens with two attached hydrogens (primary N) is 1. The quantitative estimate of drug-likeness (QED) is 0.292. The van der Waals surface area contributed by atoms with Gasteiger partial charge in [-0.2, -0.15) is 0 Å². The van der Waals surface area contributed by atoms with Crippen LogP contribution in [0.5, 0.6) is 0 Å². The Morgan fingerprint density at radius 2 is 0.903 bits per heavy atom. The van der Waals surface area contributed by atoms with Gasteiger partial charge >= 0.3 is 0 Å². The van der Waals surface area contributed by atoms with Crippen molar-refractivity contribution in [1.29, 1.82) is 0 Å². The minimum atomic E-state index is 0.781. The molecule has 0 fully saturated rings. The van der Waals surface area contributed by atoms with E-state index in [2.05, 4.69) is 104 Å². The van der Waals surface area contributed by atoms with Crippen molar-refractivity contribution < 1.29 is 0 Å². The zero-order chi connectivity index (χ0) is 21.2. The predicted octanol–water partition coefficient (Wildman–Crippen LogP) is 8.31. The number of aryl methyl sites for hydroxylation is 1. The van der Waals surface area contributed by atoms with E-state index in [-0.39, 0.29) is 0 Å². The van der Waals surface area contributed by atoms with Gasteiger partial charge in [-0.25, -0.2) is 0 Å². The Morgan fingerprint density at radius 1 is 0.484 bits per heavy atom. The summed E-state index contributed by atoms with van der Waals surface area (Å²) < 4.78 is 0. The molecule has 0 radical (unpaired) electrons. The molecule has 0 saturated carbocycles. The number of benzene rings is 4. The maximum Gasteiger partial charge on any atom is 0.0434 e. The first-order chi connectivity index (χ1) is 15.2. The lowest BCUT2D eigenvalue weighted by molar-refractivity contribution is 1.48. The number of anilines is 1. The van der Waals surface area contributed by atoms with Crippen LogP contribution in [0.3, 0.4) is 0 Å².